The number of hydrogen-bond acceptors (Lipinski definition) is 5. The summed E-state index contributed by atoms with van der Waals surface area (Å²) < 4.78 is 1.38. The molecule has 29 heavy (non-hydrogen) atoms. The van der Waals surface area contributed by atoms with Crippen LogP contribution in [0.3, 0.4) is 0 Å². The molecule has 4 rings (SSSR count). The molecular weight excluding hydrogens is 370 g/mol. The van der Waals surface area contributed by atoms with Crippen molar-refractivity contribution in [1.82, 2.24) is 20.1 Å². The molecule has 0 unspecified atom stereocenters. The second-order valence-corrected chi connectivity index (χ2v) is 6.90. The number of amides is 2. The Bertz CT molecular complexity index is 1060. The Morgan fingerprint density at radius 2 is 2.07 bits per heavy atom. The number of nitrogens with zero attached hydrogens (tertiary/aromatic N) is 3. The van der Waals surface area contributed by atoms with Gasteiger partial charge in [0.15, 0.2) is 0 Å². The van der Waals surface area contributed by atoms with Crippen LogP contribution in [0.25, 0.3) is 11.3 Å². The monoisotopic (exact) mass is 391 g/mol. The highest BCUT2D eigenvalue weighted by atomic mass is 16.3. The molecule has 0 atom stereocenters. The Balaban J connectivity index is 1.59. The topological polar surface area (TPSA) is 109 Å². The lowest BCUT2D eigenvalue weighted by Gasteiger charge is -2.08. The number of nitrogens with one attached hydrogen (secondary N) is 2. The van der Waals surface area contributed by atoms with Crippen LogP contribution in [0.4, 0.5) is 10.5 Å². The molecule has 0 aliphatic heterocycles. The third-order valence-corrected chi connectivity index (χ3v) is 4.71. The van der Waals surface area contributed by atoms with Crippen molar-refractivity contribution < 1.29 is 14.7 Å². The fourth-order valence-electron chi connectivity index (χ4n) is 3.11. The van der Waals surface area contributed by atoms with Crippen LogP contribution in [0.5, 0.6) is 5.75 Å². The number of phenols is 1. The zero-order valence-electron chi connectivity index (χ0n) is 15.9. The first-order chi connectivity index (χ1) is 14.1. The van der Waals surface area contributed by atoms with Gasteiger partial charge < -0.3 is 15.7 Å². The third kappa shape index (κ3) is 3.96. The Morgan fingerprint density at radius 3 is 2.72 bits per heavy atom. The zero-order chi connectivity index (χ0) is 20.4. The van der Waals surface area contributed by atoms with Gasteiger partial charge in [0.05, 0.1) is 17.0 Å². The molecule has 2 amide bonds. The number of benzene rings is 1. The first-order valence-electron chi connectivity index (χ1n) is 9.49. The lowest BCUT2D eigenvalue weighted by Crippen LogP contribution is -2.30. The maximum absolute atomic E-state index is 12.3. The number of aromatic hydroxyl groups is 1. The Kier molecular flexibility index (Phi) is 4.99. The van der Waals surface area contributed by atoms with Gasteiger partial charge in [0.25, 0.3) is 5.91 Å². The highest BCUT2D eigenvalue weighted by Gasteiger charge is 2.30. The summed E-state index contributed by atoms with van der Waals surface area (Å²) in [6.45, 7) is 2.36. The van der Waals surface area contributed by atoms with Gasteiger partial charge in [-0.25, -0.2) is 4.79 Å². The molecule has 148 valence electrons. The Hall–Kier alpha value is -3.68. The first-order valence-corrected chi connectivity index (χ1v) is 9.49. The van der Waals surface area contributed by atoms with Gasteiger partial charge in [-0.2, -0.15) is 9.78 Å². The molecule has 0 radical (unpaired) electrons. The molecule has 3 aromatic rings. The molecule has 1 saturated carbocycles. The van der Waals surface area contributed by atoms with E-state index in [1.807, 2.05) is 13.0 Å². The molecule has 0 spiro atoms. The van der Waals surface area contributed by atoms with Crippen LogP contribution in [-0.2, 0) is 0 Å². The molecule has 3 N–H and O–H groups in total. The predicted molar refractivity (Wildman–Crippen MR) is 108 cm³/mol. The predicted octanol–water partition coefficient (Wildman–Crippen LogP) is 3.36. The number of phenolic OH excluding ortho intramolecular Hbond substituents is 1. The average molecular weight is 391 g/mol. The second-order valence-electron chi connectivity index (χ2n) is 6.90. The average Bonchev–Trinajstić information content (AvgIpc) is 3.47. The molecule has 2 aromatic heterocycles. The van der Waals surface area contributed by atoms with E-state index in [2.05, 4.69) is 20.7 Å². The lowest BCUT2D eigenvalue weighted by molar-refractivity contribution is 0.102. The van der Waals surface area contributed by atoms with Crippen LogP contribution in [0, 0.1) is 0 Å². The van der Waals surface area contributed by atoms with E-state index in [1.54, 1.807) is 30.5 Å². The van der Waals surface area contributed by atoms with Gasteiger partial charge >= 0.3 is 6.03 Å². The molecule has 1 aliphatic carbocycles. The quantitative estimate of drug-likeness (QED) is 0.618. The largest absolute Gasteiger partial charge is 0.507 e. The molecule has 1 aliphatic rings. The van der Waals surface area contributed by atoms with Gasteiger partial charge in [-0.3, -0.25) is 9.78 Å². The fraction of sp³-hybridized carbons (Fsp3) is 0.238. The minimum Gasteiger partial charge on any atom is -0.507 e. The zero-order valence-corrected chi connectivity index (χ0v) is 15.9. The van der Waals surface area contributed by atoms with Crippen molar-refractivity contribution in [1.29, 1.82) is 0 Å². The summed E-state index contributed by atoms with van der Waals surface area (Å²) in [5, 5.41) is 20.4. The minimum atomic E-state index is -0.318. The molecule has 8 nitrogen and oxygen atoms in total. The van der Waals surface area contributed by atoms with E-state index in [0.29, 0.717) is 35.0 Å². The smallest absolute Gasteiger partial charge is 0.342 e. The first kappa shape index (κ1) is 18.7. The number of pyridine rings is 1. The molecule has 1 fully saturated rings. The standard InChI is InChI=1S/C21H21N5O3/c1-2-23-21(29)26-18(13-5-6-13)11-17(25-26)16-8-7-15(10-19(16)27)24-20(28)14-4-3-9-22-12-14/h3-4,7-13,27H,2,5-6H2,1H3,(H,23,29)(H,24,28). The van der Waals surface area contributed by atoms with Gasteiger partial charge in [-0.1, -0.05) is 0 Å². The van der Waals surface area contributed by atoms with E-state index in [-0.39, 0.29) is 17.7 Å². The Morgan fingerprint density at radius 1 is 1.24 bits per heavy atom. The summed E-state index contributed by atoms with van der Waals surface area (Å²) in [7, 11) is 0. The maximum Gasteiger partial charge on any atom is 0.342 e. The summed E-state index contributed by atoms with van der Waals surface area (Å²) in [6.07, 6.45) is 5.11. The third-order valence-electron chi connectivity index (χ3n) is 4.71. The van der Waals surface area contributed by atoms with Gasteiger partial charge in [-0.05, 0) is 50.1 Å². The number of aromatic nitrogens is 3. The van der Waals surface area contributed by atoms with Crippen LogP contribution in [0.2, 0.25) is 0 Å². The molecular formula is C21H21N5O3. The van der Waals surface area contributed by atoms with E-state index in [1.165, 1.54) is 16.9 Å². The van der Waals surface area contributed by atoms with Crippen LogP contribution < -0.4 is 10.6 Å². The van der Waals surface area contributed by atoms with Crippen molar-refractivity contribution >= 4 is 17.6 Å². The van der Waals surface area contributed by atoms with Crippen molar-refractivity contribution in [3.63, 3.8) is 0 Å². The van der Waals surface area contributed by atoms with Gasteiger partial charge in [0.1, 0.15) is 5.75 Å². The number of rotatable bonds is 5. The van der Waals surface area contributed by atoms with Crippen molar-refractivity contribution in [3.8, 4) is 17.0 Å². The molecule has 8 heteroatoms. The van der Waals surface area contributed by atoms with Crippen LogP contribution >= 0.6 is 0 Å². The number of carbonyl (C=O) groups excluding carboxylic acids is 2. The summed E-state index contributed by atoms with van der Waals surface area (Å²) >= 11 is 0. The molecule has 1 aromatic carbocycles. The van der Waals surface area contributed by atoms with Gasteiger partial charge in [0, 0.05) is 42.2 Å². The molecule has 0 saturated heterocycles. The van der Waals surface area contributed by atoms with Crippen molar-refractivity contribution in [2.75, 3.05) is 11.9 Å². The summed E-state index contributed by atoms with van der Waals surface area (Å²) in [6, 6.07) is 9.73. The van der Waals surface area contributed by atoms with Gasteiger partial charge in [0.2, 0.25) is 0 Å². The van der Waals surface area contributed by atoms with E-state index >= 15 is 0 Å². The van der Waals surface area contributed by atoms with Crippen LogP contribution in [-0.4, -0.2) is 38.4 Å². The summed E-state index contributed by atoms with van der Waals surface area (Å²) in [5.74, 6) is -0.0299. The lowest BCUT2D eigenvalue weighted by atomic mass is 10.1. The molecule has 2 heterocycles. The van der Waals surface area contributed by atoms with E-state index in [0.717, 1.165) is 18.5 Å². The number of anilines is 1. The van der Waals surface area contributed by atoms with Crippen molar-refractivity contribution in [2.24, 2.45) is 0 Å². The highest BCUT2D eigenvalue weighted by molar-refractivity contribution is 6.04. The fourth-order valence-corrected chi connectivity index (χ4v) is 3.11. The Labute approximate surface area is 167 Å². The number of carbonyl (C=O) groups is 2. The SMILES string of the molecule is CCNC(=O)n1nc(-c2ccc(NC(=O)c3cccnc3)cc2O)cc1C1CC1. The van der Waals surface area contributed by atoms with Gasteiger partial charge in [-0.15, -0.1) is 0 Å². The van der Waals surface area contributed by atoms with Crippen LogP contribution in [0.1, 0.15) is 41.7 Å². The van der Waals surface area contributed by atoms with E-state index in [4.69, 9.17) is 0 Å². The van der Waals surface area contributed by atoms with Crippen molar-refractivity contribution in [2.45, 2.75) is 25.7 Å². The van der Waals surface area contributed by atoms with E-state index < -0.39 is 0 Å². The number of hydrogen-bond donors (Lipinski definition) is 3. The normalized spacial score (nSPS) is 13.1. The highest BCUT2D eigenvalue weighted by Crippen LogP contribution is 2.42. The maximum atomic E-state index is 12.3. The summed E-state index contributed by atoms with van der Waals surface area (Å²) in [4.78, 5) is 28.5. The second kappa shape index (κ2) is 7.75. The van der Waals surface area contributed by atoms with Crippen molar-refractivity contribution in [3.05, 3.63) is 60.0 Å². The summed E-state index contributed by atoms with van der Waals surface area (Å²) in [5.41, 5.74) is 2.73. The molecule has 0 bridgehead atoms. The minimum absolute atomic E-state index is 0.0307. The van der Waals surface area contributed by atoms with Crippen LogP contribution in [0.15, 0.2) is 48.8 Å². The van der Waals surface area contributed by atoms with E-state index in [9.17, 15) is 14.7 Å².